The molecule has 1 aliphatic carbocycles. The summed E-state index contributed by atoms with van der Waals surface area (Å²) in [5, 5.41) is 13.6. The molecule has 2 heteroatoms. The van der Waals surface area contributed by atoms with E-state index in [1.807, 2.05) is 0 Å². The molecule has 0 aromatic carbocycles. The Labute approximate surface area is 88.1 Å². The van der Waals surface area contributed by atoms with Crippen molar-refractivity contribution in [2.45, 2.75) is 70.4 Å². The monoisotopic (exact) mass is 199 g/mol. The lowest BCUT2D eigenvalue weighted by Gasteiger charge is -2.25. The van der Waals surface area contributed by atoms with Gasteiger partial charge in [0, 0.05) is 12.6 Å². The van der Waals surface area contributed by atoms with Crippen LogP contribution < -0.4 is 5.32 Å². The van der Waals surface area contributed by atoms with Gasteiger partial charge in [0.25, 0.3) is 0 Å². The summed E-state index contributed by atoms with van der Waals surface area (Å²) in [5.74, 6) is 0. The lowest BCUT2D eigenvalue weighted by Crippen LogP contribution is -2.41. The van der Waals surface area contributed by atoms with Crippen LogP contribution in [0, 0.1) is 0 Å². The van der Waals surface area contributed by atoms with E-state index in [1.54, 1.807) is 0 Å². The third kappa shape index (κ3) is 3.97. The second kappa shape index (κ2) is 5.72. The highest BCUT2D eigenvalue weighted by Gasteiger charge is 2.30. The van der Waals surface area contributed by atoms with Gasteiger partial charge in [0.2, 0.25) is 0 Å². The molecule has 1 saturated carbocycles. The zero-order chi connectivity index (χ0) is 10.4. The first kappa shape index (κ1) is 12.0. The Morgan fingerprint density at radius 2 is 2.00 bits per heavy atom. The summed E-state index contributed by atoms with van der Waals surface area (Å²) in [6.45, 7) is 5.23. The Balaban J connectivity index is 2.12. The predicted octanol–water partition coefficient (Wildman–Crippen LogP) is 2.46. The van der Waals surface area contributed by atoms with E-state index in [-0.39, 0.29) is 5.60 Å². The van der Waals surface area contributed by atoms with Gasteiger partial charge in [0.05, 0.1) is 5.60 Å². The van der Waals surface area contributed by atoms with Gasteiger partial charge in [-0.05, 0) is 26.2 Å². The van der Waals surface area contributed by atoms with Crippen LogP contribution in [0.15, 0.2) is 0 Å². The van der Waals surface area contributed by atoms with E-state index in [0.29, 0.717) is 6.04 Å². The summed E-state index contributed by atoms with van der Waals surface area (Å²) < 4.78 is 0. The van der Waals surface area contributed by atoms with Gasteiger partial charge >= 0.3 is 0 Å². The molecule has 0 aromatic rings. The summed E-state index contributed by atoms with van der Waals surface area (Å²) >= 11 is 0. The van der Waals surface area contributed by atoms with Crippen LogP contribution in [0.1, 0.15) is 58.8 Å². The van der Waals surface area contributed by atoms with Crippen molar-refractivity contribution < 1.29 is 5.11 Å². The van der Waals surface area contributed by atoms with Crippen molar-refractivity contribution in [1.29, 1.82) is 0 Å². The van der Waals surface area contributed by atoms with Gasteiger partial charge in [-0.2, -0.15) is 0 Å². The van der Waals surface area contributed by atoms with Gasteiger partial charge in [-0.3, -0.25) is 0 Å². The summed E-state index contributed by atoms with van der Waals surface area (Å²) in [4.78, 5) is 0. The predicted molar refractivity (Wildman–Crippen MR) is 60.4 cm³/mol. The van der Waals surface area contributed by atoms with Crippen LogP contribution in [0.4, 0.5) is 0 Å². The van der Waals surface area contributed by atoms with E-state index in [4.69, 9.17) is 0 Å². The molecular weight excluding hydrogens is 174 g/mol. The maximum absolute atomic E-state index is 10.1. The summed E-state index contributed by atoms with van der Waals surface area (Å²) in [6.07, 6.45) is 8.14. The van der Waals surface area contributed by atoms with Crippen LogP contribution in [0.2, 0.25) is 0 Å². The topological polar surface area (TPSA) is 32.3 Å². The molecular formula is C12H25NO. The van der Waals surface area contributed by atoms with Gasteiger partial charge in [-0.25, -0.2) is 0 Å². The molecule has 1 fully saturated rings. The molecule has 0 aliphatic heterocycles. The van der Waals surface area contributed by atoms with Crippen LogP contribution in [0.25, 0.3) is 0 Å². The number of nitrogens with one attached hydrogen (secondary N) is 1. The zero-order valence-corrected chi connectivity index (χ0v) is 9.68. The molecule has 0 saturated heterocycles. The zero-order valence-electron chi connectivity index (χ0n) is 9.68. The maximum atomic E-state index is 10.1. The Kier molecular flexibility index (Phi) is 4.90. The molecule has 14 heavy (non-hydrogen) atoms. The molecule has 1 rings (SSSR count). The van der Waals surface area contributed by atoms with Gasteiger partial charge in [0.15, 0.2) is 0 Å². The summed E-state index contributed by atoms with van der Waals surface area (Å²) in [6, 6.07) is 0.555. The minimum absolute atomic E-state index is 0.388. The maximum Gasteiger partial charge on any atom is 0.0771 e. The van der Waals surface area contributed by atoms with Crippen molar-refractivity contribution >= 4 is 0 Å². The van der Waals surface area contributed by atoms with Crippen molar-refractivity contribution in [2.75, 3.05) is 6.54 Å². The first-order chi connectivity index (χ1) is 6.66. The highest BCUT2D eigenvalue weighted by atomic mass is 16.3. The number of aliphatic hydroxyl groups is 1. The molecule has 1 atom stereocenters. The normalized spacial score (nSPS) is 22.5. The molecule has 0 bridgehead atoms. The molecule has 1 unspecified atom stereocenters. The Morgan fingerprint density at radius 1 is 1.36 bits per heavy atom. The molecule has 0 amide bonds. The average molecular weight is 199 g/mol. The summed E-state index contributed by atoms with van der Waals surface area (Å²) in [7, 11) is 0. The molecule has 84 valence electrons. The second-order valence-corrected chi connectivity index (χ2v) is 4.86. The van der Waals surface area contributed by atoms with Crippen LogP contribution >= 0.6 is 0 Å². The lowest BCUT2D eigenvalue weighted by molar-refractivity contribution is 0.0450. The molecule has 0 aromatic heterocycles. The number of rotatable bonds is 6. The van der Waals surface area contributed by atoms with Gasteiger partial charge in [-0.1, -0.05) is 32.6 Å². The molecule has 2 nitrogen and oxygen atoms in total. The highest BCUT2D eigenvalue weighted by Crippen LogP contribution is 2.28. The lowest BCUT2D eigenvalue weighted by atomic mass is 10.0. The quantitative estimate of drug-likeness (QED) is 0.688. The fourth-order valence-corrected chi connectivity index (χ4v) is 2.19. The molecule has 0 heterocycles. The van der Waals surface area contributed by atoms with E-state index < -0.39 is 0 Å². The van der Waals surface area contributed by atoms with Crippen LogP contribution in [-0.4, -0.2) is 23.3 Å². The van der Waals surface area contributed by atoms with Crippen molar-refractivity contribution in [3.8, 4) is 0 Å². The van der Waals surface area contributed by atoms with E-state index in [0.717, 1.165) is 19.4 Å². The molecule has 0 radical (unpaired) electrons. The fourth-order valence-electron chi connectivity index (χ4n) is 2.19. The third-order valence-electron chi connectivity index (χ3n) is 3.30. The largest absolute Gasteiger partial charge is 0.389 e. The van der Waals surface area contributed by atoms with E-state index in [9.17, 15) is 5.11 Å². The molecule has 1 aliphatic rings. The van der Waals surface area contributed by atoms with Crippen molar-refractivity contribution in [3.05, 3.63) is 0 Å². The van der Waals surface area contributed by atoms with E-state index in [1.165, 1.54) is 32.1 Å². The molecule has 2 N–H and O–H groups in total. The smallest absolute Gasteiger partial charge is 0.0771 e. The van der Waals surface area contributed by atoms with E-state index >= 15 is 0 Å². The van der Waals surface area contributed by atoms with Crippen LogP contribution in [0.3, 0.4) is 0 Å². The number of hydrogen-bond acceptors (Lipinski definition) is 2. The van der Waals surface area contributed by atoms with Crippen molar-refractivity contribution in [1.82, 2.24) is 5.32 Å². The number of unbranched alkanes of at least 4 members (excludes halogenated alkanes) is 1. The van der Waals surface area contributed by atoms with Gasteiger partial charge in [-0.15, -0.1) is 0 Å². The standard InChI is InChI=1S/C12H25NO/c1-3-4-7-11(2)13-10-12(14)8-5-6-9-12/h11,13-14H,3-10H2,1-2H3. The van der Waals surface area contributed by atoms with Crippen molar-refractivity contribution in [3.63, 3.8) is 0 Å². The Hall–Kier alpha value is -0.0800. The minimum atomic E-state index is -0.388. The highest BCUT2D eigenvalue weighted by molar-refractivity contribution is 4.86. The van der Waals surface area contributed by atoms with Gasteiger partial charge < -0.3 is 10.4 Å². The third-order valence-corrected chi connectivity index (χ3v) is 3.30. The minimum Gasteiger partial charge on any atom is -0.389 e. The SMILES string of the molecule is CCCCC(C)NCC1(O)CCCC1. The number of hydrogen-bond donors (Lipinski definition) is 2. The van der Waals surface area contributed by atoms with Crippen LogP contribution in [-0.2, 0) is 0 Å². The Bertz CT molecular complexity index is 152. The second-order valence-electron chi connectivity index (χ2n) is 4.86. The summed E-state index contributed by atoms with van der Waals surface area (Å²) in [5.41, 5.74) is -0.388. The Morgan fingerprint density at radius 3 is 2.57 bits per heavy atom. The molecule has 0 spiro atoms. The first-order valence-electron chi connectivity index (χ1n) is 6.12. The van der Waals surface area contributed by atoms with Gasteiger partial charge in [0.1, 0.15) is 0 Å². The van der Waals surface area contributed by atoms with Crippen LogP contribution in [0.5, 0.6) is 0 Å². The van der Waals surface area contributed by atoms with Crippen molar-refractivity contribution in [2.24, 2.45) is 0 Å². The van der Waals surface area contributed by atoms with E-state index in [2.05, 4.69) is 19.2 Å². The fraction of sp³-hybridized carbons (Fsp3) is 1.00. The first-order valence-corrected chi connectivity index (χ1v) is 6.12. The average Bonchev–Trinajstić information content (AvgIpc) is 2.60.